The van der Waals surface area contributed by atoms with Crippen LogP contribution in [0.2, 0.25) is 0 Å². The fourth-order valence-electron chi connectivity index (χ4n) is 4.20. The maximum absolute atomic E-state index is 13.2. The van der Waals surface area contributed by atoms with Crippen LogP contribution in [0.5, 0.6) is 0 Å². The van der Waals surface area contributed by atoms with Crippen molar-refractivity contribution >= 4 is 29.3 Å². The van der Waals surface area contributed by atoms with E-state index >= 15 is 0 Å². The Balaban J connectivity index is 1.45. The third kappa shape index (κ3) is 4.20. The van der Waals surface area contributed by atoms with Crippen molar-refractivity contribution in [1.29, 1.82) is 0 Å². The molecule has 4 aromatic rings. The van der Waals surface area contributed by atoms with E-state index in [0.717, 1.165) is 10.5 Å². The van der Waals surface area contributed by atoms with Crippen LogP contribution in [0.4, 0.5) is 5.69 Å². The average Bonchev–Trinajstić information content (AvgIpc) is 3.16. The average molecular weight is 476 g/mol. The van der Waals surface area contributed by atoms with Gasteiger partial charge in [-0.3, -0.25) is 14.4 Å². The Morgan fingerprint density at radius 1 is 0.694 bits per heavy atom. The van der Waals surface area contributed by atoms with Crippen molar-refractivity contribution in [3.05, 3.63) is 137 Å². The number of hydrogen-bond acceptors (Lipinski definition) is 5. The summed E-state index contributed by atoms with van der Waals surface area (Å²) in [5.41, 5.74) is 2.69. The lowest BCUT2D eigenvalue weighted by Gasteiger charge is -2.17. The van der Waals surface area contributed by atoms with Gasteiger partial charge in [0.05, 0.1) is 22.4 Å². The number of amides is 2. The quantitative estimate of drug-likeness (QED) is 0.207. The van der Waals surface area contributed by atoms with Crippen molar-refractivity contribution in [3.8, 4) is 0 Å². The van der Waals surface area contributed by atoms with Gasteiger partial charge in [0.15, 0.2) is 6.10 Å². The van der Waals surface area contributed by atoms with Crippen LogP contribution in [0.15, 0.2) is 103 Å². The molecule has 0 aliphatic carbocycles. The monoisotopic (exact) mass is 475 g/mol. The Hall–Kier alpha value is -4.84. The molecule has 1 atom stereocenters. The van der Waals surface area contributed by atoms with E-state index in [1.165, 1.54) is 18.2 Å². The number of benzene rings is 4. The largest absolute Gasteiger partial charge is 0.445 e. The maximum atomic E-state index is 13.2. The highest BCUT2D eigenvalue weighted by molar-refractivity contribution is 6.34. The number of hydrogen-bond donors (Lipinski definition) is 0. The van der Waals surface area contributed by atoms with E-state index in [9.17, 15) is 19.2 Å². The summed E-state index contributed by atoms with van der Waals surface area (Å²) in [6, 6.07) is 28.6. The minimum absolute atomic E-state index is 0.0720. The number of rotatable bonds is 6. The SMILES string of the molecule is Cc1cccc(N2C(=O)c3ccc(C(=O)O[C@H](C(=O)c4ccccc4)c4ccccc4)cc3C2=O)c1. The second-order valence-corrected chi connectivity index (χ2v) is 8.47. The molecule has 176 valence electrons. The molecule has 0 bridgehead atoms. The number of fused-ring (bicyclic) bond motifs is 1. The third-order valence-electron chi connectivity index (χ3n) is 6.01. The zero-order chi connectivity index (χ0) is 25.2. The van der Waals surface area contributed by atoms with Crippen molar-refractivity contribution in [1.82, 2.24) is 0 Å². The van der Waals surface area contributed by atoms with Crippen LogP contribution < -0.4 is 4.90 Å². The molecule has 1 heterocycles. The molecule has 0 unspecified atom stereocenters. The number of carbonyl (C=O) groups excluding carboxylic acids is 4. The highest BCUT2D eigenvalue weighted by atomic mass is 16.5. The van der Waals surface area contributed by atoms with Gasteiger partial charge in [0.2, 0.25) is 5.78 Å². The number of ether oxygens (including phenoxy) is 1. The van der Waals surface area contributed by atoms with Crippen LogP contribution in [0.1, 0.15) is 58.7 Å². The van der Waals surface area contributed by atoms with Gasteiger partial charge in [-0.1, -0.05) is 72.8 Å². The fraction of sp³-hybridized carbons (Fsp3) is 0.0667. The molecular weight excluding hydrogens is 454 g/mol. The zero-order valence-electron chi connectivity index (χ0n) is 19.4. The van der Waals surface area contributed by atoms with Crippen molar-refractivity contribution in [3.63, 3.8) is 0 Å². The summed E-state index contributed by atoms with van der Waals surface area (Å²) in [6.45, 7) is 1.87. The summed E-state index contributed by atoms with van der Waals surface area (Å²) in [4.78, 5) is 53.6. The molecule has 0 radical (unpaired) electrons. The first kappa shape index (κ1) is 22.9. The summed E-state index contributed by atoms with van der Waals surface area (Å²) < 4.78 is 5.69. The predicted octanol–water partition coefficient (Wildman–Crippen LogP) is 5.58. The number of aryl methyl sites for hydroxylation is 1. The number of nitrogens with zero attached hydrogens (tertiary/aromatic N) is 1. The predicted molar refractivity (Wildman–Crippen MR) is 134 cm³/mol. The van der Waals surface area contributed by atoms with E-state index in [2.05, 4.69) is 0 Å². The molecule has 4 aromatic carbocycles. The Morgan fingerprint density at radius 2 is 1.36 bits per heavy atom. The lowest BCUT2D eigenvalue weighted by atomic mass is 9.99. The highest BCUT2D eigenvalue weighted by Gasteiger charge is 2.37. The van der Waals surface area contributed by atoms with Crippen LogP contribution >= 0.6 is 0 Å². The van der Waals surface area contributed by atoms with E-state index in [0.29, 0.717) is 16.8 Å². The number of Topliss-reactive ketones (excluding diaryl/α,β-unsaturated/α-hetero) is 1. The molecular formula is C30H21NO5. The Bertz CT molecular complexity index is 1490. The number of carbonyl (C=O) groups is 4. The second kappa shape index (κ2) is 9.43. The summed E-state index contributed by atoms with van der Waals surface area (Å²) in [7, 11) is 0. The van der Waals surface area contributed by atoms with Gasteiger partial charge < -0.3 is 4.74 Å². The van der Waals surface area contributed by atoms with E-state index in [1.807, 2.05) is 13.0 Å². The molecule has 1 aliphatic rings. The summed E-state index contributed by atoms with van der Waals surface area (Å²) in [5, 5.41) is 0. The van der Waals surface area contributed by atoms with E-state index in [1.54, 1.807) is 78.9 Å². The van der Waals surface area contributed by atoms with E-state index < -0.39 is 23.9 Å². The van der Waals surface area contributed by atoms with Gasteiger partial charge in [-0.25, -0.2) is 9.69 Å². The summed E-state index contributed by atoms with van der Waals surface area (Å²) in [6.07, 6.45) is -1.17. The normalized spacial score (nSPS) is 13.3. The smallest absolute Gasteiger partial charge is 0.339 e. The number of esters is 1. The van der Waals surface area contributed by atoms with Crippen LogP contribution in [-0.2, 0) is 4.74 Å². The van der Waals surface area contributed by atoms with Gasteiger partial charge in [-0.15, -0.1) is 0 Å². The lowest BCUT2D eigenvalue weighted by molar-refractivity contribution is 0.0280. The fourth-order valence-corrected chi connectivity index (χ4v) is 4.20. The highest BCUT2D eigenvalue weighted by Crippen LogP contribution is 2.30. The molecule has 6 nitrogen and oxygen atoms in total. The van der Waals surface area contributed by atoms with Crippen LogP contribution in [-0.4, -0.2) is 23.6 Å². The topological polar surface area (TPSA) is 80.8 Å². The van der Waals surface area contributed by atoms with Crippen molar-refractivity contribution in [2.75, 3.05) is 4.90 Å². The van der Waals surface area contributed by atoms with Crippen molar-refractivity contribution in [2.45, 2.75) is 13.0 Å². The van der Waals surface area contributed by atoms with Crippen LogP contribution in [0, 0.1) is 6.92 Å². The molecule has 36 heavy (non-hydrogen) atoms. The first-order valence-corrected chi connectivity index (χ1v) is 11.4. The minimum Gasteiger partial charge on any atom is -0.445 e. The molecule has 5 rings (SSSR count). The second-order valence-electron chi connectivity index (χ2n) is 8.47. The van der Waals surface area contributed by atoms with Gasteiger partial charge in [0.25, 0.3) is 11.8 Å². The summed E-state index contributed by atoms with van der Waals surface area (Å²) >= 11 is 0. The van der Waals surface area contributed by atoms with Gasteiger partial charge in [0, 0.05) is 11.1 Å². The lowest BCUT2D eigenvalue weighted by Crippen LogP contribution is -2.29. The summed E-state index contributed by atoms with van der Waals surface area (Å²) in [5.74, 6) is -2.12. The first-order chi connectivity index (χ1) is 17.4. The maximum Gasteiger partial charge on any atom is 0.339 e. The molecule has 1 aliphatic heterocycles. The number of anilines is 1. The number of ketones is 1. The Morgan fingerprint density at radius 3 is 2.06 bits per heavy atom. The Labute approximate surface area is 207 Å². The minimum atomic E-state index is -1.17. The van der Waals surface area contributed by atoms with E-state index in [-0.39, 0.29) is 22.5 Å². The zero-order valence-corrected chi connectivity index (χ0v) is 19.4. The van der Waals surface area contributed by atoms with Gasteiger partial charge in [0.1, 0.15) is 0 Å². The van der Waals surface area contributed by atoms with Gasteiger partial charge in [-0.05, 0) is 42.8 Å². The molecule has 6 heteroatoms. The standard InChI is InChI=1S/C30H21NO5/c1-19-9-8-14-23(17-19)31-28(33)24-16-15-22(18-25(24)29(31)34)30(35)36-27(21-12-6-3-7-13-21)26(32)20-10-4-2-5-11-20/h2-18,27H,1H3/t27-/m0/s1. The van der Waals surface area contributed by atoms with Crippen LogP contribution in [0.3, 0.4) is 0 Å². The molecule has 0 aromatic heterocycles. The Kier molecular flexibility index (Phi) is 6.00. The first-order valence-electron chi connectivity index (χ1n) is 11.4. The number of imide groups is 1. The van der Waals surface area contributed by atoms with Crippen LogP contribution in [0.25, 0.3) is 0 Å². The van der Waals surface area contributed by atoms with Gasteiger partial charge in [-0.2, -0.15) is 0 Å². The molecule has 2 amide bonds. The third-order valence-corrected chi connectivity index (χ3v) is 6.01. The molecule has 0 saturated carbocycles. The molecule has 0 spiro atoms. The van der Waals surface area contributed by atoms with Crippen molar-refractivity contribution in [2.24, 2.45) is 0 Å². The van der Waals surface area contributed by atoms with Crippen molar-refractivity contribution < 1.29 is 23.9 Å². The molecule has 0 N–H and O–H groups in total. The molecule has 0 fully saturated rings. The molecule has 0 saturated heterocycles. The van der Waals surface area contributed by atoms with E-state index in [4.69, 9.17) is 4.74 Å². The van der Waals surface area contributed by atoms with Gasteiger partial charge >= 0.3 is 5.97 Å².